The molecule has 7 heteroatoms. The Morgan fingerprint density at radius 3 is 2.67 bits per heavy atom. The Labute approximate surface area is 179 Å². The molecule has 0 bridgehead atoms. The number of carbonyl (C=O) groups is 2. The number of amides is 1. The molecule has 2 aromatic carbocycles. The molecule has 0 spiro atoms. The number of aromatic carboxylic acids is 1. The molecule has 1 atom stereocenters. The number of carbonyl (C=O) groups excluding carboxylic acids is 1. The molecule has 0 unspecified atom stereocenters. The Balaban J connectivity index is 1.66. The Bertz CT molecular complexity index is 1070. The molecule has 30 heavy (non-hydrogen) atoms. The van der Waals surface area contributed by atoms with Gasteiger partial charge in [-0.1, -0.05) is 35.9 Å². The van der Waals surface area contributed by atoms with E-state index in [2.05, 4.69) is 15.2 Å². The van der Waals surface area contributed by atoms with Crippen LogP contribution in [0.5, 0.6) is 0 Å². The lowest BCUT2D eigenvalue weighted by Crippen LogP contribution is -2.43. The van der Waals surface area contributed by atoms with Gasteiger partial charge >= 0.3 is 5.97 Å². The van der Waals surface area contributed by atoms with Crippen LogP contribution in [0.15, 0.2) is 66.9 Å². The van der Waals surface area contributed by atoms with Crippen molar-refractivity contribution >= 4 is 29.2 Å². The molecule has 2 N–H and O–H groups in total. The molecule has 4 rings (SSSR count). The van der Waals surface area contributed by atoms with Crippen LogP contribution >= 0.6 is 11.6 Å². The smallest absolute Gasteiger partial charge is 0.335 e. The van der Waals surface area contributed by atoms with Gasteiger partial charge in [0, 0.05) is 42.1 Å². The van der Waals surface area contributed by atoms with E-state index in [0.717, 1.165) is 16.8 Å². The second-order valence-electron chi connectivity index (χ2n) is 7.24. The van der Waals surface area contributed by atoms with Crippen molar-refractivity contribution in [1.82, 2.24) is 9.88 Å². The van der Waals surface area contributed by atoms with Crippen LogP contribution in [0, 0.1) is 0 Å². The van der Waals surface area contributed by atoms with Gasteiger partial charge < -0.3 is 10.4 Å². The number of pyridine rings is 1. The Morgan fingerprint density at radius 2 is 1.97 bits per heavy atom. The van der Waals surface area contributed by atoms with Gasteiger partial charge in [-0.25, -0.2) is 4.79 Å². The third-order valence-electron chi connectivity index (χ3n) is 5.16. The molecule has 152 valence electrons. The zero-order valence-corrected chi connectivity index (χ0v) is 16.8. The predicted molar refractivity (Wildman–Crippen MR) is 114 cm³/mol. The van der Waals surface area contributed by atoms with Gasteiger partial charge in [0.1, 0.15) is 0 Å². The normalized spacial score (nSPS) is 16.4. The molecule has 3 aromatic rings. The number of hydrogen-bond acceptors (Lipinski definition) is 4. The van der Waals surface area contributed by atoms with Gasteiger partial charge in [-0.3, -0.25) is 14.7 Å². The first kappa shape index (κ1) is 20.1. The first-order valence-electron chi connectivity index (χ1n) is 9.55. The largest absolute Gasteiger partial charge is 0.478 e. The lowest BCUT2D eigenvalue weighted by atomic mass is 10.1. The van der Waals surface area contributed by atoms with E-state index in [1.165, 1.54) is 0 Å². The molecular formula is C23H20ClN3O3. The zero-order chi connectivity index (χ0) is 21.1. The van der Waals surface area contributed by atoms with Crippen molar-refractivity contribution in [2.45, 2.75) is 25.6 Å². The highest BCUT2D eigenvalue weighted by Crippen LogP contribution is 2.28. The highest BCUT2D eigenvalue weighted by molar-refractivity contribution is 6.31. The number of nitrogens with one attached hydrogen (secondary N) is 1. The number of halogens is 1. The molecule has 1 aromatic heterocycles. The van der Waals surface area contributed by atoms with E-state index in [-0.39, 0.29) is 11.5 Å². The Hall–Kier alpha value is -3.22. The number of anilines is 1. The number of rotatable bonds is 5. The number of aromatic nitrogens is 1. The maximum Gasteiger partial charge on any atom is 0.335 e. The van der Waals surface area contributed by atoms with Crippen molar-refractivity contribution in [2.75, 3.05) is 5.32 Å². The fourth-order valence-electron chi connectivity index (χ4n) is 3.61. The average Bonchev–Trinajstić information content (AvgIpc) is 2.86. The van der Waals surface area contributed by atoms with Gasteiger partial charge in [0.25, 0.3) is 0 Å². The minimum absolute atomic E-state index is 0.121. The fraction of sp³-hybridized carbons (Fsp3) is 0.174. The first-order valence-corrected chi connectivity index (χ1v) is 9.93. The summed E-state index contributed by atoms with van der Waals surface area (Å²) in [5, 5.41) is 12.7. The number of benzene rings is 2. The molecule has 6 nitrogen and oxygen atoms in total. The number of carboxylic acid groups (broad SMARTS) is 1. The van der Waals surface area contributed by atoms with Crippen molar-refractivity contribution < 1.29 is 14.7 Å². The van der Waals surface area contributed by atoms with Crippen molar-refractivity contribution in [2.24, 2.45) is 0 Å². The van der Waals surface area contributed by atoms with Crippen LogP contribution < -0.4 is 5.32 Å². The summed E-state index contributed by atoms with van der Waals surface area (Å²) >= 11 is 6.13. The highest BCUT2D eigenvalue weighted by atomic mass is 35.5. The zero-order valence-electron chi connectivity index (χ0n) is 16.1. The predicted octanol–water partition coefficient (Wildman–Crippen LogP) is 4.00. The molecule has 0 saturated heterocycles. The number of fused-ring (bicyclic) bond motifs is 1. The van der Waals surface area contributed by atoms with Gasteiger partial charge in [0.05, 0.1) is 11.6 Å². The van der Waals surface area contributed by atoms with E-state index >= 15 is 0 Å². The van der Waals surface area contributed by atoms with Gasteiger partial charge in [-0.15, -0.1) is 0 Å². The molecule has 0 saturated carbocycles. The summed E-state index contributed by atoms with van der Waals surface area (Å²) in [7, 11) is 0. The highest BCUT2D eigenvalue weighted by Gasteiger charge is 2.31. The number of hydrogen-bond donors (Lipinski definition) is 2. The van der Waals surface area contributed by atoms with Crippen molar-refractivity contribution in [1.29, 1.82) is 0 Å². The minimum atomic E-state index is -0.963. The molecule has 0 fully saturated rings. The van der Waals surface area contributed by atoms with Crippen LogP contribution in [0.4, 0.5) is 5.69 Å². The molecule has 1 aliphatic heterocycles. The summed E-state index contributed by atoms with van der Waals surface area (Å²) in [5.74, 6) is -1.08. The maximum atomic E-state index is 13.1. The lowest BCUT2D eigenvalue weighted by molar-refractivity contribution is -0.121. The van der Waals surface area contributed by atoms with Crippen LogP contribution in [0.25, 0.3) is 0 Å². The second-order valence-corrected chi connectivity index (χ2v) is 7.68. The standard InChI is InChI=1S/C23H20ClN3O3/c24-18-9-8-17-14-27(13-15-4-6-16(7-5-15)23(29)30)21(22(28)26-20(17)11-18)12-19-3-1-2-10-25-19/h1-11,21H,12-14H2,(H,26,28)(H,29,30)/t21-/m1/s1. The Kier molecular flexibility index (Phi) is 5.79. The summed E-state index contributed by atoms with van der Waals surface area (Å²) in [6, 6.07) is 17.4. The van der Waals surface area contributed by atoms with Gasteiger partial charge in [-0.2, -0.15) is 0 Å². The third kappa shape index (κ3) is 4.50. The summed E-state index contributed by atoms with van der Waals surface area (Å²) in [4.78, 5) is 30.7. The topological polar surface area (TPSA) is 82.5 Å². The van der Waals surface area contributed by atoms with Crippen LogP contribution in [-0.2, 0) is 24.3 Å². The minimum Gasteiger partial charge on any atom is -0.478 e. The van der Waals surface area contributed by atoms with E-state index in [1.807, 2.05) is 30.3 Å². The quantitative estimate of drug-likeness (QED) is 0.650. The average molecular weight is 422 g/mol. The molecule has 0 aliphatic carbocycles. The van der Waals surface area contributed by atoms with Gasteiger partial charge in [0.15, 0.2) is 0 Å². The maximum absolute atomic E-state index is 13.1. The van der Waals surface area contributed by atoms with Crippen LogP contribution in [0.2, 0.25) is 5.02 Å². The molecule has 2 heterocycles. The van der Waals surface area contributed by atoms with Crippen LogP contribution in [0.3, 0.4) is 0 Å². The SMILES string of the molecule is O=C(O)c1ccc(CN2Cc3ccc(Cl)cc3NC(=O)[C@H]2Cc2ccccn2)cc1. The third-order valence-corrected chi connectivity index (χ3v) is 5.40. The molecule has 1 aliphatic rings. The fourth-order valence-corrected chi connectivity index (χ4v) is 3.78. The van der Waals surface area contributed by atoms with Crippen LogP contribution in [0.1, 0.15) is 27.2 Å². The number of carboxylic acids is 1. The van der Waals surface area contributed by atoms with E-state index < -0.39 is 12.0 Å². The molecular weight excluding hydrogens is 402 g/mol. The molecule has 1 amide bonds. The van der Waals surface area contributed by atoms with E-state index in [1.54, 1.807) is 36.5 Å². The second kappa shape index (κ2) is 8.65. The van der Waals surface area contributed by atoms with E-state index in [0.29, 0.717) is 30.2 Å². The van der Waals surface area contributed by atoms with Crippen molar-refractivity contribution in [3.05, 3.63) is 94.3 Å². The summed E-state index contributed by atoms with van der Waals surface area (Å²) in [5.41, 5.74) is 3.67. The number of nitrogens with zero attached hydrogens (tertiary/aromatic N) is 2. The van der Waals surface area contributed by atoms with Crippen molar-refractivity contribution in [3.8, 4) is 0 Å². The first-order chi connectivity index (χ1) is 14.5. The van der Waals surface area contributed by atoms with E-state index in [4.69, 9.17) is 16.7 Å². The van der Waals surface area contributed by atoms with Gasteiger partial charge in [0.2, 0.25) is 5.91 Å². The van der Waals surface area contributed by atoms with Gasteiger partial charge in [-0.05, 0) is 47.5 Å². The molecule has 0 radical (unpaired) electrons. The summed E-state index contributed by atoms with van der Waals surface area (Å²) < 4.78 is 0. The summed E-state index contributed by atoms with van der Waals surface area (Å²) in [6.45, 7) is 1.04. The lowest BCUT2D eigenvalue weighted by Gasteiger charge is -2.28. The monoisotopic (exact) mass is 421 g/mol. The van der Waals surface area contributed by atoms with E-state index in [9.17, 15) is 9.59 Å². The van der Waals surface area contributed by atoms with Crippen molar-refractivity contribution in [3.63, 3.8) is 0 Å². The summed E-state index contributed by atoms with van der Waals surface area (Å²) in [6.07, 6.45) is 2.18. The van der Waals surface area contributed by atoms with Crippen LogP contribution in [-0.4, -0.2) is 32.9 Å². The Morgan fingerprint density at radius 1 is 1.17 bits per heavy atom.